The minimum atomic E-state index is -0.493. The zero-order valence-corrected chi connectivity index (χ0v) is 7.29. The van der Waals surface area contributed by atoms with Gasteiger partial charge in [0, 0.05) is 17.8 Å². The van der Waals surface area contributed by atoms with E-state index < -0.39 is 5.95 Å². The lowest BCUT2D eigenvalue weighted by atomic mass is 10.1. The summed E-state index contributed by atoms with van der Waals surface area (Å²) in [5.41, 5.74) is 6.78. The molecule has 0 bridgehead atoms. The first-order valence-electron chi connectivity index (χ1n) is 3.89. The predicted octanol–water partition coefficient (Wildman–Crippen LogP) is 1.44. The van der Waals surface area contributed by atoms with Crippen LogP contribution in [0.25, 0.3) is 0 Å². The zero-order valence-electron chi connectivity index (χ0n) is 7.29. The maximum atomic E-state index is 12.7. The van der Waals surface area contributed by atoms with Crippen molar-refractivity contribution in [1.29, 1.82) is 5.26 Å². The maximum Gasteiger partial charge on any atom is 0.215 e. The van der Waals surface area contributed by atoms with Gasteiger partial charge < -0.3 is 5.73 Å². The molecule has 68 valence electrons. The van der Waals surface area contributed by atoms with Crippen LogP contribution in [0.4, 0.5) is 4.39 Å². The quantitative estimate of drug-likeness (QED) is 0.699. The van der Waals surface area contributed by atoms with Crippen molar-refractivity contribution < 1.29 is 4.39 Å². The Bertz CT molecular complexity index is 343. The topological polar surface area (TPSA) is 62.7 Å². The minimum Gasteiger partial charge on any atom is -0.323 e. The number of hydrogen-bond acceptors (Lipinski definition) is 3. The zero-order chi connectivity index (χ0) is 9.84. The van der Waals surface area contributed by atoms with Gasteiger partial charge in [0.15, 0.2) is 0 Å². The first kappa shape index (κ1) is 9.62. The molecule has 1 aromatic heterocycles. The van der Waals surface area contributed by atoms with E-state index in [9.17, 15) is 4.39 Å². The molecular formula is C9H10FN3. The molecule has 0 amide bonds. The fourth-order valence-electron chi connectivity index (χ4n) is 0.999. The van der Waals surface area contributed by atoms with E-state index in [0.717, 1.165) is 0 Å². The van der Waals surface area contributed by atoms with E-state index in [1.807, 2.05) is 6.07 Å². The smallest absolute Gasteiger partial charge is 0.215 e. The summed E-state index contributed by atoms with van der Waals surface area (Å²) in [5.74, 6) is -0.493. The number of nitriles is 1. The Labute approximate surface area is 76.0 Å². The molecule has 0 radical (unpaired) electrons. The largest absolute Gasteiger partial charge is 0.323 e. The lowest BCUT2D eigenvalue weighted by Gasteiger charge is -2.07. The molecule has 0 saturated heterocycles. The third-order valence-corrected chi connectivity index (χ3v) is 1.77. The van der Waals surface area contributed by atoms with Crippen LogP contribution in [0, 0.1) is 24.2 Å². The predicted molar refractivity (Wildman–Crippen MR) is 46.1 cm³/mol. The minimum absolute atomic E-state index is 0.215. The van der Waals surface area contributed by atoms with Crippen LogP contribution in [-0.2, 0) is 0 Å². The van der Waals surface area contributed by atoms with Crippen molar-refractivity contribution in [1.82, 2.24) is 4.98 Å². The number of aromatic nitrogens is 1. The van der Waals surface area contributed by atoms with E-state index in [1.54, 1.807) is 13.0 Å². The van der Waals surface area contributed by atoms with E-state index >= 15 is 0 Å². The summed E-state index contributed by atoms with van der Waals surface area (Å²) in [7, 11) is 0. The third kappa shape index (κ3) is 2.23. The van der Waals surface area contributed by atoms with Gasteiger partial charge in [0.25, 0.3) is 0 Å². The molecular weight excluding hydrogens is 169 g/mol. The van der Waals surface area contributed by atoms with Crippen molar-refractivity contribution in [2.24, 2.45) is 5.73 Å². The van der Waals surface area contributed by atoms with Gasteiger partial charge in [-0.15, -0.1) is 0 Å². The average Bonchev–Trinajstić information content (AvgIpc) is 2.10. The number of nitrogens with zero attached hydrogens (tertiary/aromatic N) is 2. The van der Waals surface area contributed by atoms with Gasteiger partial charge in [-0.1, -0.05) is 0 Å². The van der Waals surface area contributed by atoms with Crippen molar-refractivity contribution in [3.8, 4) is 6.07 Å². The molecule has 0 saturated carbocycles. The molecule has 0 aromatic carbocycles. The van der Waals surface area contributed by atoms with Gasteiger partial charge in [-0.3, -0.25) is 0 Å². The highest BCUT2D eigenvalue weighted by Crippen LogP contribution is 2.14. The monoisotopic (exact) mass is 179 g/mol. The van der Waals surface area contributed by atoms with Gasteiger partial charge in [0.1, 0.15) is 0 Å². The SMILES string of the molecule is Cc1cc([C@@H](N)CC#N)cnc1F. The van der Waals surface area contributed by atoms with Crippen LogP contribution in [0.5, 0.6) is 0 Å². The van der Waals surface area contributed by atoms with Crippen molar-refractivity contribution in [2.75, 3.05) is 0 Å². The van der Waals surface area contributed by atoms with Crippen molar-refractivity contribution in [2.45, 2.75) is 19.4 Å². The summed E-state index contributed by atoms with van der Waals surface area (Å²) in [6.07, 6.45) is 1.58. The highest BCUT2D eigenvalue weighted by atomic mass is 19.1. The highest BCUT2D eigenvalue weighted by Gasteiger charge is 2.07. The molecule has 0 aliphatic rings. The molecule has 0 spiro atoms. The molecule has 3 nitrogen and oxygen atoms in total. The molecule has 0 fully saturated rings. The van der Waals surface area contributed by atoms with Gasteiger partial charge >= 0.3 is 0 Å². The highest BCUT2D eigenvalue weighted by molar-refractivity contribution is 5.21. The van der Waals surface area contributed by atoms with Crippen LogP contribution < -0.4 is 5.73 Å². The molecule has 0 unspecified atom stereocenters. The summed E-state index contributed by atoms with van der Waals surface area (Å²) in [5, 5.41) is 8.40. The molecule has 1 rings (SSSR count). The van der Waals surface area contributed by atoms with Crippen LogP contribution in [-0.4, -0.2) is 4.98 Å². The second kappa shape index (κ2) is 3.97. The fraction of sp³-hybridized carbons (Fsp3) is 0.333. The van der Waals surface area contributed by atoms with Crippen molar-refractivity contribution in [3.05, 3.63) is 29.3 Å². The third-order valence-electron chi connectivity index (χ3n) is 1.77. The van der Waals surface area contributed by atoms with Crippen LogP contribution in [0.1, 0.15) is 23.6 Å². The van der Waals surface area contributed by atoms with Crippen LogP contribution in [0.3, 0.4) is 0 Å². The Morgan fingerprint density at radius 1 is 1.77 bits per heavy atom. The standard InChI is InChI=1S/C9H10FN3/c1-6-4-7(5-13-9(6)10)8(12)2-3-11/h4-5,8H,2,12H2,1H3/t8-/m0/s1. The molecule has 0 aliphatic heterocycles. The summed E-state index contributed by atoms with van der Waals surface area (Å²) in [4.78, 5) is 3.53. The molecule has 13 heavy (non-hydrogen) atoms. The van der Waals surface area contributed by atoms with Crippen LogP contribution >= 0.6 is 0 Å². The molecule has 1 atom stereocenters. The van der Waals surface area contributed by atoms with Crippen LogP contribution in [0.15, 0.2) is 12.3 Å². The van der Waals surface area contributed by atoms with Crippen molar-refractivity contribution in [3.63, 3.8) is 0 Å². The lowest BCUT2D eigenvalue weighted by Crippen LogP contribution is -2.10. The molecule has 2 N–H and O–H groups in total. The lowest BCUT2D eigenvalue weighted by molar-refractivity contribution is 0.570. The fourth-order valence-corrected chi connectivity index (χ4v) is 0.999. The Balaban J connectivity index is 2.91. The number of nitrogens with two attached hydrogens (primary N) is 1. The number of halogens is 1. The van der Waals surface area contributed by atoms with Gasteiger partial charge in [-0.05, 0) is 18.6 Å². The van der Waals surface area contributed by atoms with E-state index in [2.05, 4.69) is 4.98 Å². The second-order valence-corrected chi connectivity index (χ2v) is 2.85. The molecule has 0 aliphatic carbocycles. The number of hydrogen-bond donors (Lipinski definition) is 1. The molecule has 1 heterocycles. The second-order valence-electron chi connectivity index (χ2n) is 2.85. The van der Waals surface area contributed by atoms with E-state index in [-0.39, 0.29) is 12.5 Å². The molecule has 1 aromatic rings. The number of pyridine rings is 1. The Kier molecular flexibility index (Phi) is 2.93. The summed E-state index contributed by atoms with van der Waals surface area (Å²) in [6, 6.07) is 3.19. The Hall–Kier alpha value is -1.47. The Morgan fingerprint density at radius 3 is 3.00 bits per heavy atom. The van der Waals surface area contributed by atoms with Gasteiger partial charge in [-0.25, -0.2) is 4.98 Å². The van der Waals surface area contributed by atoms with Crippen LogP contribution in [0.2, 0.25) is 0 Å². The summed E-state index contributed by atoms with van der Waals surface area (Å²) in [6.45, 7) is 1.62. The molecule has 4 heteroatoms. The first-order chi connectivity index (χ1) is 6.15. The summed E-state index contributed by atoms with van der Waals surface area (Å²) < 4.78 is 12.7. The average molecular weight is 179 g/mol. The first-order valence-corrected chi connectivity index (χ1v) is 3.89. The number of aryl methyl sites for hydroxylation is 1. The van der Waals surface area contributed by atoms with E-state index in [4.69, 9.17) is 11.0 Å². The van der Waals surface area contributed by atoms with E-state index in [0.29, 0.717) is 11.1 Å². The summed E-state index contributed by atoms with van der Waals surface area (Å²) >= 11 is 0. The Morgan fingerprint density at radius 2 is 2.46 bits per heavy atom. The van der Waals surface area contributed by atoms with E-state index in [1.165, 1.54) is 6.20 Å². The van der Waals surface area contributed by atoms with Gasteiger partial charge in [0.05, 0.1) is 12.5 Å². The van der Waals surface area contributed by atoms with Gasteiger partial charge in [0.2, 0.25) is 5.95 Å². The number of rotatable bonds is 2. The maximum absolute atomic E-state index is 12.7. The normalized spacial score (nSPS) is 12.2. The van der Waals surface area contributed by atoms with Crippen molar-refractivity contribution >= 4 is 0 Å². The van der Waals surface area contributed by atoms with Gasteiger partial charge in [-0.2, -0.15) is 9.65 Å².